The van der Waals surface area contributed by atoms with Gasteiger partial charge in [-0.15, -0.1) is 0 Å². The minimum Gasteiger partial charge on any atom is -0.492 e. The van der Waals surface area contributed by atoms with E-state index in [1.807, 2.05) is 0 Å². The van der Waals surface area contributed by atoms with E-state index < -0.39 is 21.7 Å². The Morgan fingerprint density at radius 2 is 1.93 bits per heavy atom. The Labute approximate surface area is 171 Å². The van der Waals surface area contributed by atoms with E-state index in [-0.39, 0.29) is 36.8 Å². The Morgan fingerprint density at radius 1 is 1.14 bits per heavy atom. The zero-order valence-corrected chi connectivity index (χ0v) is 17.5. The standard InChI is InChI=1S/C18H20BrFN2O5S/c1-26-9-8-22-28(24,25)15-5-6-17(19)16(12-15)18(23)21-7-10-27-14-4-2-3-13(20)11-14/h2-6,11-12,22H,7-10H2,1H3,(H,21,23). The summed E-state index contributed by atoms with van der Waals surface area (Å²) in [5.74, 6) is -0.531. The number of amides is 1. The molecule has 152 valence electrons. The van der Waals surface area contributed by atoms with Gasteiger partial charge in [0.2, 0.25) is 10.0 Å². The number of nitrogens with one attached hydrogen (secondary N) is 2. The normalized spacial score (nSPS) is 11.2. The first kappa shape index (κ1) is 22.3. The fourth-order valence-electron chi connectivity index (χ4n) is 2.19. The van der Waals surface area contributed by atoms with Crippen LogP contribution in [-0.2, 0) is 14.8 Å². The Morgan fingerprint density at radius 3 is 2.64 bits per heavy atom. The number of carbonyl (C=O) groups is 1. The number of rotatable bonds is 10. The molecule has 0 heterocycles. The molecule has 1 amide bonds. The van der Waals surface area contributed by atoms with Gasteiger partial charge in [-0.2, -0.15) is 0 Å². The van der Waals surface area contributed by atoms with Gasteiger partial charge in [-0.3, -0.25) is 4.79 Å². The lowest BCUT2D eigenvalue weighted by Crippen LogP contribution is -2.30. The first-order valence-corrected chi connectivity index (χ1v) is 10.6. The third-order valence-electron chi connectivity index (χ3n) is 3.54. The third kappa shape index (κ3) is 6.55. The van der Waals surface area contributed by atoms with Gasteiger partial charge in [0.25, 0.3) is 5.91 Å². The summed E-state index contributed by atoms with van der Waals surface area (Å²) in [5.41, 5.74) is 0.167. The molecule has 0 spiro atoms. The molecule has 0 saturated carbocycles. The molecule has 0 aliphatic carbocycles. The van der Waals surface area contributed by atoms with Crippen LogP contribution in [0.4, 0.5) is 4.39 Å². The number of carbonyl (C=O) groups excluding carboxylic acids is 1. The van der Waals surface area contributed by atoms with Crippen LogP contribution >= 0.6 is 15.9 Å². The zero-order valence-electron chi connectivity index (χ0n) is 15.1. The van der Waals surface area contributed by atoms with Gasteiger partial charge in [-0.1, -0.05) is 6.07 Å². The number of methoxy groups -OCH3 is 1. The average Bonchev–Trinajstić information content (AvgIpc) is 2.65. The second-order valence-corrected chi connectivity index (χ2v) is 8.22. The Kier molecular flexibility index (Phi) is 8.36. The minimum atomic E-state index is -3.76. The van der Waals surface area contributed by atoms with Crippen molar-refractivity contribution in [1.29, 1.82) is 0 Å². The molecule has 2 rings (SSSR count). The average molecular weight is 475 g/mol. The van der Waals surface area contributed by atoms with E-state index >= 15 is 0 Å². The lowest BCUT2D eigenvalue weighted by molar-refractivity contribution is 0.0946. The predicted molar refractivity (Wildman–Crippen MR) is 105 cm³/mol. The lowest BCUT2D eigenvalue weighted by Gasteiger charge is -2.11. The maximum Gasteiger partial charge on any atom is 0.252 e. The van der Waals surface area contributed by atoms with Crippen LogP contribution in [0.15, 0.2) is 51.8 Å². The minimum absolute atomic E-state index is 0.0343. The molecule has 10 heteroatoms. The lowest BCUT2D eigenvalue weighted by atomic mass is 10.2. The van der Waals surface area contributed by atoms with Crippen LogP contribution in [0.5, 0.6) is 5.75 Å². The topological polar surface area (TPSA) is 93.7 Å². The monoisotopic (exact) mass is 474 g/mol. The second kappa shape index (κ2) is 10.5. The highest BCUT2D eigenvalue weighted by Gasteiger charge is 2.18. The van der Waals surface area contributed by atoms with Crippen LogP contribution < -0.4 is 14.8 Å². The number of benzene rings is 2. The molecule has 0 unspecified atom stereocenters. The first-order valence-electron chi connectivity index (χ1n) is 8.28. The van der Waals surface area contributed by atoms with Gasteiger partial charge in [0.15, 0.2) is 0 Å². The van der Waals surface area contributed by atoms with Crippen molar-refractivity contribution in [3.8, 4) is 5.75 Å². The summed E-state index contributed by atoms with van der Waals surface area (Å²) in [6, 6.07) is 9.83. The molecule has 0 bridgehead atoms. The summed E-state index contributed by atoms with van der Waals surface area (Å²) in [7, 11) is -2.29. The summed E-state index contributed by atoms with van der Waals surface area (Å²) >= 11 is 3.25. The molecular weight excluding hydrogens is 455 g/mol. The molecule has 0 aromatic heterocycles. The molecule has 28 heavy (non-hydrogen) atoms. The van der Waals surface area contributed by atoms with E-state index in [0.717, 1.165) is 0 Å². The summed E-state index contributed by atoms with van der Waals surface area (Å²) in [4.78, 5) is 12.3. The predicted octanol–water partition coefficient (Wildman–Crippen LogP) is 2.32. The Balaban J connectivity index is 1.96. The van der Waals surface area contributed by atoms with Crippen molar-refractivity contribution < 1.29 is 27.1 Å². The largest absolute Gasteiger partial charge is 0.492 e. The van der Waals surface area contributed by atoms with Crippen molar-refractivity contribution in [2.24, 2.45) is 0 Å². The molecule has 0 fully saturated rings. The van der Waals surface area contributed by atoms with Gasteiger partial charge in [0, 0.05) is 24.2 Å². The van der Waals surface area contributed by atoms with Gasteiger partial charge in [-0.25, -0.2) is 17.5 Å². The van der Waals surface area contributed by atoms with Crippen molar-refractivity contribution in [2.45, 2.75) is 4.90 Å². The second-order valence-electron chi connectivity index (χ2n) is 5.59. The number of hydrogen-bond acceptors (Lipinski definition) is 5. The molecule has 0 aliphatic heterocycles. The summed E-state index contributed by atoms with van der Waals surface area (Å²) in [5, 5.41) is 2.63. The molecule has 0 aliphatic rings. The van der Waals surface area contributed by atoms with E-state index in [1.165, 1.54) is 43.5 Å². The molecule has 0 atom stereocenters. The van der Waals surface area contributed by atoms with Crippen LogP contribution in [0.3, 0.4) is 0 Å². The van der Waals surface area contributed by atoms with Crippen LogP contribution in [0, 0.1) is 5.82 Å². The molecular formula is C18H20BrFN2O5S. The van der Waals surface area contributed by atoms with Crippen LogP contribution in [-0.4, -0.2) is 47.7 Å². The van der Waals surface area contributed by atoms with Crippen LogP contribution in [0.1, 0.15) is 10.4 Å². The van der Waals surface area contributed by atoms with E-state index in [2.05, 4.69) is 26.0 Å². The van der Waals surface area contributed by atoms with Gasteiger partial charge >= 0.3 is 0 Å². The van der Waals surface area contributed by atoms with Crippen molar-refractivity contribution in [3.63, 3.8) is 0 Å². The number of sulfonamides is 1. The van der Waals surface area contributed by atoms with Gasteiger partial charge < -0.3 is 14.8 Å². The highest BCUT2D eigenvalue weighted by molar-refractivity contribution is 9.10. The molecule has 7 nitrogen and oxygen atoms in total. The van der Waals surface area contributed by atoms with E-state index in [9.17, 15) is 17.6 Å². The molecule has 2 aromatic rings. The van der Waals surface area contributed by atoms with Gasteiger partial charge in [0.1, 0.15) is 18.2 Å². The van der Waals surface area contributed by atoms with Crippen molar-refractivity contribution in [3.05, 3.63) is 58.3 Å². The van der Waals surface area contributed by atoms with Gasteiger partial charge in [-0.05, 0) is 46.3 Å². The molecule has 2 N–H and O–H groups in total. The summed E-state index contributed by atoms with van der Waals surface area (Å²) in [6.45, 7) is 0.635. The Bertz CT molecular complexity index is 924. The number of ether oxygens (including phenoxy) is 2. The highest BCUT2D eigenvalue weighted by Crippen LogP contribution is 2.21. The summed E-state index contributed by atoms with van der Waals surface area (Å²) in [6.07, 6.45) is 0. The number of halogens is 2. The van der Waals surface area contributed by atoms with Crippen LogP contribution in [0.25, 0.3) is 0 Å². The van der Waals surface area contributed by atoms with Crippen molar-refractivity contribution in [1.82, 2.24) is 10.0 Å². The summed E-state index contributed by atoms with van der Waals surface area (Å²) < 4.78 is 50.6. The number of hydrogen-bond donors (Lipinski definition) is 2. The first-order chi connectivity index (χ1) is 13.3. The van der Waals surface area contributed by atoms with Crippen molar-refractivity contribution >= 4 is 31.9 Å². The van der Waals surface area contributed by atoms with E-state index in [1.54, 1.807) is 6.07 Å². The van der Waals surface area contributed by atoms with Crippen LogP contribution in [0.2, 0.25) is 0 Å². The Hall–Kier alpha value is -2.01. The maximum absolute atomic E-state index is 13.1. The smallest absolute Gasteiger partial charge is 0.252 e. The van der Waals surface area contributed by atoms with E-state index in [4.69, 9.17) is 9.47 Å². The third-order valence-corrected chi connectivity index (χ3v) is 5.69. The fraction of sp³-hybridized carbons (Fsp3) is 0.278. The molecule has 0 radical (unpaired) electrons. The fourth-order valence-corrected chi connectivity index (χ4v) is 3.66. The van der Waals surface area contributed by atoms with Gasteiger partial charge in [0.05, 0.1) is 23.6 Å². The maximum atomic E-state index is 13.1. The zero-order chi connectivity index (χ0) is 20.6. The quantitative estimate of drug-likeness (QED) is 0.515. The van der Waals surface area contributed by atoms with Crippen molar-refractivity contribution in [2.75, 3.05) is 33.4 Å². The SMILES string of the molecule is COCCNS(=O)(=O)c1ccc(Br)c(C(=O)NCCOc2cccc(F)c2)c1. The highest BCUT2D eigenvalue weighted by atomic mass is 79.9. The van der Waals surface area contributed by atoms with E-state index in [0.29, 0.717) is 10.2 Å². The molecule has 2 aromatic carbocycles. The molecule has 0 saturated heterocycles.